The summed E-state index contributed by atoms with van der Waals surface area (Å²) in [7, 11) is -3.74. The van der Waals surface area contributed by atoms with Crippen LogP contribution < -0.4 is 14.8 Å². The van der Waals surface area contributed by atoms with Crippen molar-refractivity contribution < 1.29 is 17.9 Å². The smallest absolute Gasteiger partial charge is 0.262 e. The molecular formula is C26H24N2O4S. The number of ether oxygens (including phenoxy) is 1. The second-order valence-electron chi connectivity index (χ2n) is 7.82. The van der Waals surface area contributed by atoms with Crippen LogP contribution in [-0.2, 0) is 14.8 Å². The van der Waals surface area contributed by atoms with Crippen molar-refractivity contribution in [3.05, 3.63) is 96.1 Å². The molecule has 0 unspecified atom stereocenters. The van der Waals surface area contributed by atoms with Gasteiger partial charge in [0.1, 0.15) is 5.75 Å². The van der Waals surface area contributed by atoms with Gasteiger partial charge >= 0.3 is 0 Å². The van der Waals surface area contributed by atoms with Crippen LogP contribution in [0.4, 0.5) is 11.4 Å². The number of carbonyl (C=O) groups excluding carboxylic acids is 1. The number of fused-ring (bicyclic) bond motifs is 1. The first-order chi connectivity index (χ1) is 15.8. The molecule has 0 radical (unpaired) electrons. The van der Waals surface area contributed by atoms with Gasteiger partial charge in [-0.25, -0.2) is 8.42 Å². The number of hydrogen-bond acceptors (Lipinski definition) is 4. The van der Waals surface area contributed by atoms with Crippen LogP contribution in [0.25, 0.3) is 10.8 Å². The number of rotatable bonds is 7. The minimum atomic E-state index is -3.74. The van der Waals surface area contributed by atoms with Gasteiger partial charge in [0.15, 0.2) is 6.61 Å². The van der Waals surface area contributed by atoms with Crippen LogP contribution in [0.1, 0.15) is 11.1 Å². The minimum Gasteiger partial charge on any atom is -0.484 e. The lowest BCUT2D eigenvalue weighted by atomic mass is 10.1. The van der Waals surface area contributed by atoms with Gasteiger partial charge in [0, 0.05) is 16.8 Å². The SMILES string of the molecule is Cc1cc(C)cc(NS(=O)(=O)c2ccc(OCC(=O)Nc3cccc4ccccc34)cc2)c1. The molecule has 0 saturated carbocycles. The molecule has 2 N–H and O–H groups in total. The van der Waals surface area contributed by atoms with Crippen molar-refractivity contribution in [3.8, 4) is 5.75 Å². The summed E-state index contributed by atoms with van der Waals surface area (Å²) in [5.41, 5.74) is 3.16. The number of aryl methyl sites for hydroxylation is 2. The molecule has 6 nitrogen and oxygen atoms in total. The number of sulfonamides is 1. The molecule has 0 aliphatic carbocycles. The quantitative estimate of drug-likeness (QED) is 0.393. The Hall–Kier alpha value is -3.84. The topological polar surface area (TPSA) is 84.5 Å². The zero-order chi connectivity index (χ0) is 23.4. The van der Waals surface area contributed by atoms with E-state index >= 15 is 0 Å². The van der Waals surface area contributed by atoms with Crippen molar-refractivity contribution in [2.45, 2.75) is 18.7 Å². The summed E-state index contributed by atoms with van der Waals surface area (Å²) in [6.45, 7) is 3.62. The van der Waals surface area contributed by atoms with E-state index in [2.05, 4.69) is 10.0 Å². The summed E-state index contributed by atoms with van der Waals surface area (Å²) in [6, 6.07) is 24.9. The Morgan fingerprint density at radius 1 is 0.848 bits per heavy atom. The van der Waals surface area contributed by atoms with E-state index < -0.39 is 10.0 Å². The maximum Gasteiger partial charge on any atom is 0.262 e. The molecule has 0 heterocycles. The highest BCUT2D eigenvalue weighted by Crippen LogP contribution is 2.24. The first-order valence-electron chi connectivity index (χ1n) is 10.4. The molecule has 7 heteroatoms. The number of carbonyl (C=O) groups is 1. The number of nitrogens with one attached hydrogen (secondary N) is 2. The third-order valence-electron chi connectivity index (χ3n) is 5.04. The van der Waals surface area contributed by atoms with E-state index in [1.54, 1.807) is 12.1 Å². The molecule has 0 bridgehead atoms. The van der Waals surface area contributed by atoms with Crippen LogP contribution in [0.3, 0.4) is 0 Å². The fraction of sp³-hybridized carbons (Fsp3) is 0.115. The Morgan fingerprint density at radius 2 is 1.52 bits per heavy atom. The third-order valence-corrected chi connectivity index (χ3v) is 6.44. The zero-order valence-corrected chi connectivity index (χ0v) is 19.1. The van der Waals surface area contributed by atoms with Gasteiger partial charge in [-0.05, 0) is 72.8 Å². The highest BCUT2D eigenvalue weighted by atomic mass is 32.2. The van der Waals surface area contributed by atoms with Crippen LogP contribution >= 0.6 is 0 Å². The van der Waals surface area contributed by atoms with E-state index in [0.29, 0.717) is 17.1 Å². The van der Waals surface area contributed by atoms with Crippen LogP contribution in [0.5, 0.6) is 5.75 Å². The predicted molar refractivity (Wildman–Crippen MR) is 131 cm³/mol. The van der Waals surface area contributed by atoms with Gasteiger partial charge in [-0.1, -0.05) is 42.5 Å². The molecule has 4 aromatic carbocycles. The first-order valence-corrected chi connectivity index (χ1v) is 11.9. The molecule has 168 valence electrons. The number of amides is 1. The lowest BCUT2D eigenvalue weighted by molar-refractivity contribution is -0.118. The van der Waals surface area contributed by atoms with E-state index in [-0.39, 0.29) is 17.4 Å². The molecule has 4 rings (SSSR count). The average Bonchev–Trinajstić information content (AvgIpc) is 2.77. The third kappa shape index (κ3) is 5.51. The number of anilines is 2. The normalized spacial score (nSPS) is 11.2. The van der Waals surface area contributed by atoms with Gasteiger partial charge in [0.05, 0.1) is 4.90 Å². The van der Waals surface area contributed by atoms with Gasteiger partial charge < -0.3 is 10.1 Å². The van der Waals surface area contributed by atoms with Crippen LogP contribution in [-0.4, -0.2) is 20.9 Å². The second-order valence-corrected chi connectivity index (χ2v) is 9.50. The Balaban J connectivity index is 1.38. The van der Waals surface area contributed by atoms with Crippen molar-refractivity contribution in [2.75, 3.05) is 16.6 Å². The van der Waals surface area contributed by atoms with Crippen molar-refractivity contribution >= 4 is 38.1 Å². The van der Waals surface area contributed by atoms with Gasteiger partial charge in [-0.15, -0.1) is 0 Å². The van der Waals surface area contributed by atoms with Gasteiger partial charge in [0.2, 0.25) is 0 Å². The lowest BCUT2D eigenvalue weighted by Gasteiger charge is -2.11. The summed E-state index contributed by atoms with van der Waals surface area (Å²) >= 11 is 0. The first kappa shape index (κ1) is 22.4. The largest absolute Gasteiger partial charge is 0.484 e. The van der Waals surface area contributed by atoms with Crippen LogP contribution in [0.2, 0.25) is 0 Å². The molecule has 0 fully saturated rings. The molecule has 0 aromatic heterocycles. The van der Waals surface area contributed by atoms with Gasteiger partial charge in [0.25, 0.3) is 15.9 Å². The highest BCUT2D eigenvalue weighted by Gasteiger charge is 2.15. The molecule has 33 heavy (non-hydrogen) atoms. The van der Waals surface area contributed by atoms with Crippen molar-refractivity contribution in [3.63, 3.8) is 0 Å². The molecule has 4 aromatic rings. The van der Waals surface area contributed by atoms with E-state index in [0.717, 1.165) is 21.9 Å². The van der Waals surface area contributed by atoms with E-state index in [9.17, 15) is 13.2 Å². The molecule has 0 aliphatic heterocycles. The Labute approximate surface area is 193 Å². The zero-order valence-electron chi connectivity index (χ0n) is 18.3. The van der Waals surface area contributed by atoms with E-state index in [1.807, 2.05) is 62.4 Å². The van der Waals surface area contributed by atoms with Crippen LogP contribution in [0, 0.1) is 13.8 Å². The Bertz CT molecular complexity index is 1390. The molecule has 0 aliphatic rings. The summed E-state index contributed by atoms with van der Waals surface area (Å²) in [4.78, 5) is 12.5. The van der Waals surface area contributed by atoms with Gasteiger partial charge in [-0.3, -0.25) is 9.52 Å². The maximum absolute atomic E-state index is 12.7. The Kier molecular flexibility index (Phi) is 6.33. The van der Waals surface area contributed by atoms with Crippen molar-refractivity contribution in [1.29, 1.82) is 0 Å². The summed E-state index contributed by atoms with van der Waals surface area (Å²) in [5, 5.41) is 4.83. The van der Waals surface area contributed by atoms with Gasteiger partial charge in [-0.2, -0.15) is 0 Å². The Morgan fingerprint density at radius 3 is 2.24 bits per heavy atom. The molecule has 1 amide bonds. The maximum atomic E-state index is 12.7. The molecule has 0 saturated heterocycles. The monoisotopic (exact) mass is 460 g/mol. The fourth-order valence-corrected chi connectivity index (χ4v) is 4.67. The predicted octanol–water partition coefficient (Wildman–Crippen LogP) is 5.27. The molecule has 0 spiro atoms. The van der Waals surface area contributed by atoms with Crippen molar-refractivity contribution in [1.82, 2.24) is 0 Å². The lowest BCUT2D eigenvalue weighted by Crippen LogP contribution is -2.20. The van der Waals surface area contributed by atoms with Crippen molar-refractivity contribution in [2.24, 2.45) is 0 Å². The minimum absolute atomic E-state index is 0.106. The highest BCUT2D eigenvalue weighted by molar-refractivity contribution is 7.92. The van der Waals surface area contributed by atoms with Crippen LogP contribution in [0.15, 0.2) is 89.8 Å². The summed E-state index contributed by atoms with van der Waals surface area (Å²) < 4.78 is 33.5. The molecule has 0 atom stereocenters. The fourth-order valence-electron chi connectivity index (χ4n) is 3.63. The number of hydrogen-bond donors (Lipinski definition) is 2. The number of benzene rings is 4. The molecular weight excluding hydrogens is 436 g/mol. The summed E-state index contributed by atoms with van der Waals surface area (Å²) in [6.07, 6.45) is 0. The second kappa shape index (κ2) is 9.34. The average molecular weight is 461 g/mol. The van der Waals surface area contributed by atoms with E-state index in [4.69, 9.17) is 4.74 Å². The standard InChI is InChI=1S/C26H24N2O4S/c1-18-14-19(2)16-21(15-18)28-33(30,31)23-12-10-22(11-13-23)32-17-26(29)27-25-9-5-7-20-6-3-4-8-24(20)25/h3-16,28H,17H2,1-2H3,(H,27,29). The summed E-state index contributed by atoms with van der Waals surface area (Å²) in [5.74, 6) is 0.0907. The van der Waals surface area contributed by atoms with E-state index in [1.165, 1.54) is 24.3 Å².